The molecule has 0 bridgehead atoms. The smallest absolute Gasteiger partial charge is 0.526 e. The highest BCUT2D eigenvalue weighted by atomic mass is 16.5. The molecular weight excluding hydrogens is 325 g/mol. The highest BCUT2D eigenvalue weighted by molar-refractivity contribution is 6.47. The minimum atomic E-state index is -1.20. The van der Waals surface area contributed by atoms with Crippen molar-refractivity contribution in [2.24, 2.45) is 0 Å². The second-order valence-corrected chi connectivity index (χ2v) is 6.57. The maximum atomic E-state index is 12.2. The van der Waals surface area contributed by atoms with Gasteiger partial charge in [0.05, 0.1) is 11.7 Å². The van der Waals surface area contributed by atoms with Gasteiger partial charge in [-0.15, -0.1) is 0 Å². The van der Waals surface area contributed by atoms with Crippen LogP contribution in [-0.4, -0.2) is 54.8 Å². The molecule has 1 aromatic rings. The molecule has 3 N–H and O–H groups in total. The Labute approximate surface area is 146 Å². The van der Waals surface area contributed by atoms with E-state index in [2.05, 4.69) is 5.32 Å². The number of rotatable bonds is 6. The fourth-order valence-corrected chi connectivity index (χ4v) is 3.35. The Morgan fingerprint density at radius 3 is 2.80 bits per heavy atom. The monoisotopic (exact) mass is 347 g/mol. The molecule has 7 nitrogen and oxygen atoms in total. The van der Waals surface area contributed by atoms with Crippen LogP contribution < -0.4 is 9.97 Å². The molecule has 0 amide bonds. The third-order valence-electron chi connectivity index (χ3n) is 4.71. The van der Waals surface area contributed by atoms with Crippen LogP contribution in [0.4, 0.5) is 0 Å². The summed E-state index contributed by atoms with van der Waals surface area (Å²) in [6, 6.07) is 4.84. The lowest BCUT2D eigenvalue weighted by Crippen LogP contribution is -2.37. The first kappa shape index (κ1) is 17.9. The number of ketones is 1. The first-order chi connectivity index (χ1) is 12.0. The number of carbonyl (C=O) groups is 2. The van der Waals surface area contributed by atoms with Crippen molar-refractivity contribution >= 4 is 18.9 Å². The van der Waals surface area contributed by atoms with Crippen molar-refractivity contribution in [3.63, 3.8) is 0 Å². The van der Waals surface area contributed by atoms with Gasteiger partial charge in [-0.05, 0) is 44.0 Å². The number of piperidine rings is 1. The van der Waals surface area contributed by atoms with Crippen molar-refractivity contribution in [3.8, 4) is 5.75 Å². The number of carboxylic acids is 1. The van der Waals surface area contributed by atoms with Crippen LogP contribution in [0.1, 0.15) is 35.2 Å². The number of carbonyl (C=O) groups excluding carboxylic acids is 1. The number of Topliss-reactive ketones (excluding diaryl/α,β-unsaturated/α-hetero) is 1. The molecule has 8 heteroatoms. The van der Waals surface area contributed by atoms with Crippen molar-refractivity contribution in [2.45, 2.75) is 37.6 Å². The van der Waals surface area contributed by atoms with E-state index >= 15 is 0 Å². The lowest BCUT2D eigenvalue weighted by molar-refractivity contribution is -0.126. The lowest BCUT2D eigenvalue weighted by Gasteiger charge is -2.28. The number of hydrogen-bond donors (Lipinski definition) is 3. The molecular formula is C17H22BNO6. The van der Waals surface area contributed by atoms with Crippen LogP contribution in [0.5, 0.6) is 5.75 Å². The molecule has 2 heterocycles. The van der Waals surface area contributed by atoms with E-state index in [0.29, 0.717) is 12.0 Å². The average molecular weight is 347 g/mol. The van der Waals surface area contributed by atoms with E-state index in [0.717, 1.165) is 25.9 Å². The van der Waals surface area contributed by atoms with Gasteiger partial charge < -0.3 is 24.8 Å². The Morgan fingerprint density at radius 1 is 1.32 bits per heavy atom. The number of carboxylic acid groups (broad SMARTS) is 1. The highest BCUT2D eigenvalue weighted by Crippen LogP contribution is 2.36. The predicted octanol–water partition coefficient (Wildman–Crippen LogP) is 0.898. The van der Waals surface area contributed by atoms with Crippen molar-refractivity contribution < 1.29 is 29.1 Å². The molecule has 0 aliphatic carbocycles. The summed E-state index contributed by atoms with van der Waals surface area (Å²) in [6.45, 7) is 1.84. The summed E-state index contributed by atoms with van der Waals surface area (Å²) >= 11 is 0. The molecule has 2 aliphatic rings. The van der Waals surface area contributed by atoms with E-state index in [-0.39, 0.29) is 36.2 Å². The van der Waals surface area contributed by atoms with E-state index in [1.165, 1.54) is 6.07 Å². The van der Waals surface area contributed by atoms with Gasteiger partial charge in [-0.25, -0.2) is 4.79 Å². The van der Waals surface area contributed by atoms with E-state index in [9.17, 15) is 19.7 Å². The molecule has 134 valence electrons. The van der Waals surface area contributed by atoms with E-state index in [1.807, 2.05) is 0 Å². The summed E-state index contributed by atoms with van der Waals surface area (Å²) in [7, 11) is -1.20. The molecule has 1 atom stereocenters. The zero-order valence-electron chi connectivity index (χ0n) is 13.9. The van der Waals surface area contributed by atoms with Crippen molar-refractivity contribution in [3.05, 3.63) is 29.3 Å². The molecule has 0 aromatic heterocycles. The molecule has 0 unspecified atom stereocenters. The zero-order chi connectivity index (χ0) is 17.8. The Balaban J connectivity index is 1.57. The minimum Gasteiger partial charge on any atom is -0.535 e. The summed E-state index contributed by atoms with van der Waals surface area (Å²) in [5.41, 5.74) is 0.720. The molecule has 1 aromatic carbocycles. The topological polar surface area (TPSA) is 105 Å². The van der Waals surface area contributed by atoms with Gasteiger partial charge in [-0.2, -0.15) is 0 Å². The Kier molecular flexibility index (Phi) is 5.72. The van der Waals surface area contributed by atoms with E-state index in [1.54, 1.807) is 12.1 Å². The molecule has 1 fully saturated rings. The molecule has 25 heavy (non-hydrogen) atoms. The van der Waals surface area contributed by atoms with Gasteiger partial charge in [0, 0.05) is 12.2 Å². The number of fused-ring (bicyclic) bond motifs is 1. The summed E-state index contributed by atoms with van der Waals surface area (Å²) < 4.78 is 11.1. The summed E-state index contributed by atoms with van der Waals surface area (Å²) in [5, 5.41) is 22.6. The number of benzene rings is 1. The maximum Gasteiger partial charge on any atom is 0.526 e. The van der Waals surface area contributed by atoms with E-state index in [4.69, 9.17) is 9.39 Å². The van der Waals surface area contributed by atoms with Crippen molar-refractivity contribution in [1.29, 1.82) is 0 Å². The third kappa shape index (κ3) is 4.39. The normalized spacial score (nSPS) is 20.7. The second kappa shape index (κ2) is 7.99. The molecule has 2 aliphatic heterocycles. The Bertz CT molecular complexity index is 646. The van der Waals surface area contributed by atoms with Gasteiger partial charge in [0.1, 0.15) is 12.4 Å². The van der Waals surface area contributed by atoms with Crippen molar-refractivity contribution in [1.82, 2.24) is 5.32 Å². The van der Waals surface area contributed by atoms with Crippen LogP contribution in [0.3, 0.4) is 0 Å². The fourth-order valence-electron chi connectivity index (χ4n) is 3.35. The summed E-state index contributed by atoms with van der Waals surface area (Å²) in [6.07, 6.45) is 2.44. The van der Waals surface area contributed by atoms with Gasteiger partial charge in [-0.3, -0.25) is 4.79 Å². The van der Waals surface area contributed by atoms with E-state index < -0.39 is 18.9 Å². The molecule has 0 radical (unpaired) electrons. The molecule has 0 spiro atoms. The number of ether oxygens (including phenoxy) is 1. The third-order valence-corrected chi connectivity index (χ3v) is 4.71. The minimum absolute atomic E-state index is 0.0237. The fraction of sp³-hybridized carbons (Fsp3) is 0.529. The largest absolute Gasteiger partial charge is 0.535 e. The molecule has 1 saturated heterocycles. The van der Waals surface area contributed by atoms with Crippen LogP contribution in [0.2, 0.25) is 5.82 Å². The predicted molar refractivity (Wildman–Crippen MR) is 90.9 cm³/mol. The van der Waals surface area contributed by atoms with Gasteiger partial charge in [0.25, 0.3) is 0 Å². The standard InChI is InChI=1S/C17H22BNO6/c20-13(10-24-14-4-6-19-7-5-14)9-12-8-11-2-1-3-15(17(21)22)16(11)25-18(12)23/h1-3,12,14,19,23H,4-10H2,(H,21,22)/t12-/m1/s1. The second-order valence-electron chi connectivity index (χ2n) is 6.57. The van der Waals surface area contributed by atoms with Gasteiger partial charge in [0.2, 0.25) is 0 Å². The first-order valence-electron chi connectivity index (χ1n) is 8.58. The summed E-state index contributed by atoms with van der Waals surface area (Å²) in [5.74, 6) is -1.39. The van der Waals surface area contributed by atoms with Crippen LogP contribution >= 0.6 is 0 Å². The first-order valence-corrected chi connectivity index (χ1v) is 8.58. The number of hydrogen-bond acceptors (Lipinski definition) is 6. The average Bonchev–Trinajstić information content (AvgIpc) is 2.61. The highest BCUT2D eigenvalue weighted by Gasteiger charge is 2.37. The number of nitrogens with one attached hydrogen (secondary N) is 1. The molecule has 3 rings (SSSR count). The van der Waals surface area contributed by atoms with Crippen molar-refractivity contribution in [2.75, 3.05) is 19.7 Å². The number of aromatic carboxylic acids is 1. The maximum absolute atomic E-state index is 12.2. The van der Waals surface area contributed by atoms with Crippen LogP contribution in [-0.2, 0) is 16.0 Å². The summed E-state index contributed by atoms with van der Waals surface area (Å²) in [4.78, 5) is 23.4. The zero-order valence-corrected chi connectivity index (χ0v) is 13.9. The van der Waals surface area contributed by atoms with Crippen LogP contribution in [0.25, 0.3) is 0 Å². The quantitative estimate of drug-likeness (QED) is 0.657. The van der Waals surface area contributed by atoms with Crippen LogP contribution in [0, 0.1) is 0 Å². The van der Waals surface area contributed by atoms with Gasteiger partial charge in [-0.1, -0.05) is 12.1 Å². The Hall–Kier alpha value is -1.90. The number of para-hydroxylation sites is 1. The Morgan fingerprint density at radius 2 is 2.08 bits per heavy atom. The molecule has 0 saturated carbocycles. The lowest BCUT2D eigenvalue weighted by atomic mass is 9.64. The van der Waals surface area contributed by atoms with Gasteiger partial charge >= 0.3 is 13.1 Å². The SMILES string of the molecule is O=C(COC1CCNCC1)C[C@H]1Cc2cccc(C(=O)O)c2OB1O. The van der Waals surface area contributed by atoms with Gasteiger partial charge in [0.15, 0.2) is 5.78 Å². The van der Waals surface area contributed by atoms with Crippen LogP contribution in [0.15, 0.2) is 18.2 Å².